The van der Waals surface area contributed by atoms with E-state index in [-0.39, 0.29) is 0 Å². The third-order valence-electron chi connectivity index (χ3n) is 1.43. The molecule has 0 aromatic carbocycles. The van der Waals surface area contributed by atoms with Gasteiger partial charge in [-0.1, -0.05) is 6.92 Å². The van der Waals surface area contributed by atoms with E-state index in [9.17, 15) is 4.79 Å². The summed E-state index contributed by atoms with van der Waals surface area (Å²) in [6.07, 6.45) is 0.913. The number of nitrogens with one attached hydrogen (secondary N) is 2. The minimum Gasteiger partial charge on any atom is -0.352 e. The molecule has 1 unspecified atom stereocenters. The summed E-state index contributed by atoms with van der Waals surface area (Å²) >= 11 is 0. The van der Waals surface area contributed by atoms with E-state index in [0.29, 0.717) is 12.6 Å². The van der Waals surface area contributed by atoms with Crippen molar-refractivity contribution in [3.8, 4) is 0 Å². The van der Waals surface area contributed by atoms with Crippen molar-refractivity contribution in [2.75, 3.05) is 13.1 Å². The molecule has 0 aliphatic rings. The van der Waals surface area contributed by atoms with Gasteiger partial charge in [0, 0.05) is 12.6 Å². The number of carbonyl (C=O) groups excluding carboxylic acids is 1. The smallest absolute Gasteiger partial charge is 0.312 e. The second-order valence-electron chi connectivity index (χ2n) is 2.54. The Bertz CT molecular complexity index is 116. The van der Waals surface area contributed by atoms with Crippen LogP contribution in [0.4, 0.5) is 4.79 Å². The van der Waals surface area contributed by atoms with Crippen LogP contribution in [0.1, 0.15) is 20.3 Å². The number of amides is 2. The van der Waals surface area contributed by atoms with Crippen LogP contribution in [0.25, 0.3) is 0 Å². The Hall–Kier alpha value is -0.770. The van der Waals surface area contributed by atoms with E-state index < -0.39 is 6.03 Å². The maximum Gasteiger partial charge on any atom is 0.312 e. The van der Waals surface area contributed by atoms with Crippen LogP contribution in [0.2, 0.25) is 0 Å². The number of primary amides is 1. The van der Waals surface area contributed by atoms with Crippen LogP contribution in [0.5, 0.6) is 0 Å². The second kappa shape index (κ2) is 5.97. The zero-order valence-electron chi connectivity index (χ0n) is 7.18. The van der Waals surface area contributed by atoms with Crippen molar-refractivity contribution in [1.82, 2.24) is 10.6 Å². The van der Waals surface area contributed by atoms with Gasteiger partial charge in [-0.05, 0) is 19.9 Å². The van der Waals surface area contributed by atoms with Gasteiger partial charge in [0.1, 0.15) is 0 Å². The first kappa shape index (κ1) is 10.2. The Balaban J connectivity index is 3.16. The molecule has 0 fully saturated rings. The zero-order valence-corrected chi connectivity index (χ0v) is 7.18. The molecule has 2 amide bonds. The van der Waals surface area contributed by atoms with Gasteiger partial charge < -0.3 is 16.4 Å². The average Bonchev–Trinajstić information content (AvgIpc) is 1.87. The molecule has 4 heteroatoms. The van der Waals surface area contributed by atoms with Crippen molar-refractivity contribution < 1.29 is 4.79 Å². The summed E-state index contributed by atoms with van der Waals surface area (Å²) in [5.41, 5.74) is 4.88. The minimum absolute atomic E-state index is 0.437. The molecule has 0 spiro atoms. The second-order valence-corrected chi connectivity index (χ2v) is 2.54. The van der Waals surface area contributed by atoms with Crippen molar-refractivity contribution in [1.29, 1.82) is 0 Å². The van der Waals surface area contributed by atoms with E-state index in [4.69, 9.17) is 5.73 Å². The summed E-state index contributed by atoms with van der Waals surface area (Å²) in [5, 5.41) is 5.76. The Labute approximate surface area is 67.5 Å². The molecule has 4 nitrogen and oxygen atoms in total. The molecule has 0 aliphatic heterocycles. The normalized spacial score (nSPS) is 12.5. The van der Waals surface area contributed by atoms with E-state index >= 15 is 0 Å². The van der Waals surface area contributed by atoms with Gasteiger partial charge >= 0.3 is 6.03 Å². The quantitative estimate of drug-likeness (QED) is 0.530. The van der Waals surface area contributed by atoms with Gasteiger partial charge in [-0.2, -0.15) is 0 Å². The Kier molecular flexibility index (Phi) is 5.56. The third kappa shape index (κ3) is 7.12. The maximum absolute atomic E-state index is 10.2. The van der Waals surface area contributed by atoms with E-state index in [1.165, 1.54) is 0 Å². The molecule has 0 heterocycles. The van der Waals surface area contributed by atoms with Gasteiger partial charge in [-0.25, -0.2) is 4.79 Å². The molecule has 0 saturated heterocycles. The Morgan fingerprint density at radius 1 is 1.64 bits per heavy atom. The summed E-state index contributed by atoms with van der Waals surface area (Å²) < 4.78 is 0. The summed E-state index contributed by atoms with van der Waals surface area (Å²) in [6, 6.07) is -0.0134. The molecule has 0 bridgehead atoms. The first-order chi connectivity index (χ1) is 5.16. The lowest BCUT2D eigenvalue weighted by Gasteiger charge is -2.11. The first-order valence-electron chi connectivity index (χ1n) is 3.93. The van der Waals surface area contributed by atoms with Crippen LogP contribution in [-0.2, 0) is 0 Å². The molecule has 0 radical (unpaired) electrons. The van der Waals surface area contributed by atoms with Gasteiger partial charge in [0.05, 0.1) is 0 Å². The summed E-state index contributed by atoms with van der Waals surface area (Å²) in [4.78, 5) is 10.2. The lowest BCUT2D eigenvalue weighted by Crippen LogP contribution is -2.34. The number of hydrogen-bond donors (Lipinski definition) is 3. The maximum atomic E-state index is 10.2. The van der Waals surface area contributed by atoms with Gasteiger partial charge in [0.2, 0.25) is 0 Å². The zero-order chi connectivity index (χ0) is 8.69. The van der Waals surface area contributed by atoms with Crippen LogP contribution in [0.15, 0.2) is 0 Å². The number of rotatable bonds is 5. The van der Waals surface area contributed by atoms with Crippen molar-refractivity contribution in [2.24, 2.45) is 5.73 Å². The summed E-state index contributed by atoms with van der Waals surface area (Å²) in [5.74, 6) is 0. The Morgan fingerprint density at radius 2 is 2.27 bits per heavy atom. The molecule has 0 aromatic rings. The molecular formula is C7H17N3O. The number of nitrogens with two attached hydrogens (primary N) is 1. The van der Waals surface area contributed by atoms with Crippen molar-refractivity contribution in [2.45, 2.75) is 26.3 Å². The molecular weight excluding hydrogens is 142 g/mol. The molecule has 11 heavy (non-hydrogen) atoms. The van der Waals surface area contributed by atoms with Gasteiger partial charge in [0.15, 0.2) is 0 Å². The van der Waals surface area contributed by atoms with Gasteiger partial charge in [-0.3, -0.25) is 0 Å². The lowest BCUT2D eigenvalue weighted by molar-refractivity contribution is 0.248. The summed E-state index contributed by atoms with van der Waals surface area (Å²) in [7, 11) is 0. The van der Waals surface area contributed by atoms with E-state index in [1.807, 2.05) is 0 Å². The fourth-order valence-electron chi connectivity index (χ4n) is 0.862. The first-order valence-corrected chi connectivity index (χ1v) is 3.93. The highest BCUT2D eigenvalue weighted by Gasteiger charge is 1.98. The topological polar surface area (TPSA) is 67.2 Å². The van der Waals surface area contributed by atoms with E-state index in [2.05, 4.69) is 24.5 Å². The number of carbonyl (C=O) groups is 1. The van der Waals surface area contributed by atoms with E-state index in [1.54, 1.807) is 0 Å². The SMILES string of the molecule is CCNC(C)CCNC(N)=O. The van der Waals surface area contributed by atoms with Crippen LogP contribution < -0.4 is 16.4 Å². The van der Waals surface area contributed by atoms with Crippen molar-refractivity contribution >= 4 is 6.03 Å². The van der Waals surface area contributed by atoms with Crippen LogP contribution in [-0.4, -0.2) is 25.2 Å². The molecule has 0 aliphatic carbocycles. The van der Waals surface area contributed by atoms with Crippen LogP contribution in [0, 0.1) is 0 Å². The van der Waals surface area contributed by atoms with Crippen molar-refractivity contribution in [3.63, 3.8) is 0 Å². The van der Waals surface area contributed by atoms with E-state index in [0.717, 1.165) is 13.0 Å². The molecule has 1 atom stereocenters. The fraction of sp³-hybridized carbons (Fsp3) is 0.857. The van der Waals surface area contributed by atoms with Gasteiger partial charge in [-0.15, -0.1) is 0 Å². The highest BCUT2D eigenvalue weighted by molar-refractivity contribution is 5.71. The number of hydrogen-bond acceptors (Lipinski definition) is 2. The standard InChI is InChI=1S/C7H17N3O/c1-3-9-6(2)4-5-10-7(8)11/h6,9H,3-5H2,1-2H3,(H3,8,10,11). The molecule has 66 valence electrons. The highest BCUT2D eigenvalue weighted by atomic mass is 16.2. The lowest BCUT2D eigenvalue weighted by atomic mass is 10.2. The Morgan fingerprint density at radius 3 is 2.73 bits per heavy atom. The predicted octanol–water partition coefficient (Wildman–Crippen LogP) is 0.0428. The third-order valence-corrected chi connectivity index (χ3v) is 1.43. The molecule has 4 N–H and O–H groups in total. The highest BCUT2D eigenvalue weighted by Crippen LogP contribution is 1.86. The fourth-order valence-corrected chi connectivity index (χ4v) is 0.862. The molecule has 0 rings (SSSR count). The number of urea groups is 1. The van der Waals surface area contributed by atoms with Crippen LogP contribution >= 0.6 is 0 Å². The minimum atomic E-state index is -0.450. The average molecular weight is 159 g/mol. The molecule has 0 aromatic heterocycles. The predicted molar refractivity (Wildman–Crippen MR) is 45.3 cm³/mol. The van der Waals surface area contributed by atoms with Crippen molar-refractivity contribution in [3.05, 3.63) is 0 Å². The van der Waals surface area contributed by atoms with Gasteiger partial charge in [0.25, 0.3) is 0 Å². The van der Waals surface area contributed by atoms with Crippen LogP contribution in [0.3, 0.4) is 0 Å². The molecule has 0 saturated carbocycles. The largest absolute Gasteiger partial charge is 0.352 e. The summed E-state index contributed by atoms with van der Waals surface area (Å²) in [6.45, 7) is 5.73. The monoisotopic (exact) mass is 159 g/mol.